The van der Waals surface area contributed by atoms with Crippen molar-refractivity contribution >= 4 is 57.4 Å². The van der Waals surface area contributed by atoms with Crippen LogP contribution in [-0.2, 0) is 14.3 Å². The number of anilines is 2. The average Bonchev–Trinajstić information content (AvgIpc) is 3.17. The first-order valence-electron chi connectivity index (χ1n) is 10.3. The fourth-order valence-corrected chi connectivity index (χ4v) is 5.90. The number of halogens is 1. The Bertz CT molecular complexity index is 921. The maximum atomic E-state index is 12.8. The molecule has 1 fully saturated rings. The molecule has 2 aromatic rings. The summed E-state index contributed by atoms with van der Waals surface area (Å²) < 4.78 is 5.81. The molecule has 1 saturated heterocycles. The zero-order valence-corrected chi connectivity index (χ0v) is 20.5. The first-order valence-corrected chi connectivity index (χ1v) is 12.3. The number of benzene rings is 1. The molecule has 1 N–H and O–H groups in total. The Hall–Kier alpha value is -1.84. The van der Waals surface area contributed by atoms with Crippen molar-refractivity contribution in [1.82, 2.24) is 15.1 Å². The number of rotatable bonds is 7. The Morgan fingerprint density at radius 2 is 2.03 bits per heavy atom. The van der Waals surface area contributed by atoms with E-state index in [4.69, 9.17) is 16.3 Å². The number of likely N-dealkylation sites (tertiary alicyclic amines) is 1. The SMILES string of the molecule is CCOC(=O)C1CCN(C(=O)C(C)Sc2nnc(Nc3c(C)cc(C)cc3Cl)s2)CC1. The van der Waals surface area contributed by atoms with Gasteiger partial charge < -0.3 is 15.0 Å². The zero-order chi connectivity index (χ0) is 22.5. The largest absolute Gasteiger partial charge is 0.466 e. The standard InChI is InChI=1S/C21H27ClN4O3S2/c1-5-29-19(28)15-6-8-26(9-7-15)18(27)14(4)30-21-25-24-20(31-21)23-17-13(3)10-12(2)11-16(17)22/h10-11,14-15H,5-9H2,1-4H3,(H,23,24). The van der Waals surface area contributed by atoms with Crippen LogP contribution >= 0.6 is 34.7 Å². The number of piperidine rings is 1. The summed E-state index contributed by atoms with van der Waals surface area (Å²) in [4.78, 5) is 26.5. The molecular weight excluding hydrogens is 456 g/mol. The molecule has 1 amide bonds. The highest BCUT2D eigenvalue weighted by Crippen LogP contribution is 2.35. The topological polar surface area (TPSA) is 84.4 Å². The van der Waals surface area contributed by atoms with Gasteiger partial charge >= 0.3 is 5.97 Å². The second-order valence-corrected chi connectivity index (χ2v) is 10.5. The van der Waals surface area contributed by atoms with Crippen molar-refractivity contribution in [2.24, 2.45) is 5.92 Å². The predicted molar refractivity (Wildman–Crippen MR) is 125 cm³/mol. The predicted octanol–water partition coefficient (Wildman–Crippen LogP) is 4.83. The van der Waals surface area contributed by atoms with E-state index in [0.717, 1.165) is 16.8 Å². The van der Waals surface area contributed by atoms with Crippen molar-refractivity contribution in [3.05, 3.63) is 28.3 Å². The molecule has 31 heavy (non-hydrogen) atoms. The van der Waals surface area contributed by atoms with Gasteiger partial charge in [0.1, 0.15) is 0 Å². The molecule has 0 aliphatic carbocycles. The summed E-state index contributed by atoms with van der Waals surface area (Å²) in [6.45, 7) is 9.20. The van der Waals surface area contributed by atoms with E-state index in [-0.39, 0.29) is 23.0 Å². The molecule has 1 atom stereocenters. The number of ether oxygens (including phenoxy) is 1. The van der Waals surface area contributed by atoms with Crippen molar-refractivity contribution in [2.75, 3.05) is 25.0 Å². The van der Waals surface area contributed by atoms with Crippen molar-refractivity contribution in [1.29, 1.82) is 0 Å². The minimum atomic E-state index is -0.287. The van der Waals surface area contributed by atoms with Crippen LogP contribution in [0.25, 0.3) is 0 Å². The summed E-state index contributed by atoms with van der Waals surface area (Å²) in [6, 6.07) is 3.95. The van der Waals surface area contributed by atoms with Crippen LogP contribution in [0, 0.1) is 19.8 Å². The van der Waals surface area contributed by atoms with Crippen molar-refractivity contribution in [3.63, 3.8) is 0 Å². The third-order valence-electron chi connectivity index (χ3n) is 5.12. The summed E-state index contributed by atoms with van der Waals surface area (Å²) >= 11 is 9.14. The molecule has 0 saturated carbocycles. The second kappa shape index (κ2) is 10.7. The van der Waals surface area contributed by atoms with E-state index in [9.17, 15) is 9.59 Å². The van der Waals surface area contributed by atoms with Crippen LogP contribution in [0.1, 0.15) is 37.8 Å². The van der Waals surface area contributed by atoms with Gasteiger partial charge in [0, 0.05) is 13.1 Å². The first-order chi connectivity index (χ1) is 14.8. The molecule has 1 aromatic carbocycles. The summed E-state index contributed by atoms with van der Waals surface area (Å²) in [5.41, 5.74) is 2.94. The van der Waals surface area contributed by atoms with Crippen molar-refractivity contribution in [2.45, 2.75) is 50.1 Å². The summed E-state index contributed by atoms with van der Waals surface area (Å²) in [6.07, 6.45) is 1.29. The quantitative estimate of drug-likeness (QED) is 0.446. The average molecular weight is 483 g/mol. The molecule has 7 nitrogen and oxygen atoms in total. The van der Waals surface area contributed by atoms with Gasteiger partial charge in [-0.05, 0) is 57.7 Å². The Labute approximate surface area is 195 Å². The van der Waals surface area contributed by atoms with Crippen LogP contribution in [0.3, 0.4) is 0 Å². The second-order valence-electron chi connectivity index (χ2n) is 7.55. The van der Waals surface area contributed by atoms with Crippen LogP contribution < -0.4 is 5.32 Å². The number of aromatic nitrogens is 2. The van der Waals surface area contributed by atoms with Gasteiger partial charge in [-0.25, -0.2) is 0 Å². The minimum absolute atomic E-state index is 0.0504. The summed E-state index contributed by atoms with van der Waals surface area (Å²) in [7, 11) is 0. The number of hydrogen-bond donors (Lipinski definition) is 1. The fourth-order valence-electron chi connectivity index (χ4n) is 3.54. The molecule has 10 heteroatoms. The van der Waals surface area contributed by atoms with Crippen LogP contribution in [0.15, 0.2) is 16.5 Å². The molecule has 1 unspecified atom stereocenters. The molecule has 168 valence electrons. The summed E-state index contributed by atoms with van der Waals surface area (Å²) in [5.74, 6) is -0.218. The summed E-state index contributed by atoms with van der Waals surface area (Å²) in [5, 5.41) is 12.6. The van der Waals surface area contributed by atoms with Gasteiger partial charge in [-0.1, -0.05) is 40.8 Å². The molecule has 0 spiro atoms. The lowest BCUT2D eigenvalue weighted by atomic mass is 9.97. The van der Waals surface area contributed by atoms with Crippen LogP contribution in [-0.4, -0.2) is 51.9 Å². The highest BCUT2D eigenvalue weighted by Gasteiger charge is 2.30. The van der Waals surface area contributed by atoms with Gasteiger partial charge in [0.2, 0.25) is 11.0 Å². The normalized spacial score (nSPS) is 15.6. The smallest absolute Gasteiger partial charge is 0.309 e. The van der Waals surface area contributed by atoms with E-state index >= 15 is 0 Å². The van der Waals surface area contributed by atoms with Gasteiger partial charge in [-0.3, -0.25) is 9.59 Å². The van der Waals surface area contributed by atoms with E-state index < -0.39 is 0 Å². The number of hydrogen-bond acceptors (Lipinski definition) is 8. The number of carbonyl (C=O) groups is 2. The minimum Gasteiger partial charge on any atom is -0.466 e. The third kappa shape index (κ3) is 6.11. The van der Waals surface area contributed by atoms with Crippen LogP contribution in [0.5, 0.6) is 0 Å². The van der Waals surface area contributed by atoms with E-state index in [1.54, 1.807) is 6.92 Å². The number of nitrogens with zero attached hydrogens (tertiary/aromatic N) is 3. The molecule has 0 radical (unpaired) electrons. The number of esters is 1. The maximum absolute atomic E-state index is 12.8. The molecule has 1 aliphatic heterocycles. The first kappa shape index (κ1) is 23.8. The van der Waals surface area contributed by atoms with Gasteiger partial charge in [-0.15, -0.1) is 10.2 Å². The number of thioether (sulfide) groups is 1. The van der Waals surface area contributed by atoms with E-state index in [2.05, 4.69) is 21.6 Å². The number of carbonyl (C=O) groups excluding carboxylic acids is 2. The lowest BCUT2D eigenvalue weighted by Crippen LogP contribution is -2.43. The third-order valence-corrected chi connectivity index (χ3v) is 7.43. The van der Waals surface area contributed by atoms with Crippen molar-refractivity contribution < 1.29 is 14.3 Å². The molecule has 1 aliphatic rings. The molecule has 3 rings (SSSR count). The molecular formula is C21H27ClN4O3S2. The van der Waals surface area contributed by atoms with Crippen LogP contribution in [0.4, 0.5) is 10.8 Å². The van der Waals surface area contributed by atoms with E-state index in [1.165, 1.54) is 23.1 Å². The number of amides is 1. The highest BCUT2D eigenvalue weighted by molar-refractivity contribution is 8.02. The van der Waals surface area contributed by atoms with E-state index in [1.807, 2.05) is 31.7 Å². The Balaban J connectivity index is 1.55. The Morgan fingerprint density at radius 3 is 2.68 bits per heavy atom. The highest BCUT2D eigenvalue weighted by atomic mass is 35.5. The number of aryl methyl sites for hydroxylation is 2. The monoisotopic (exact) mass is 482 g/mol. The van der Waals surface area contributed by atoms with E-state index in [0.29, 0.717) is 47.0 Å². The molecule has 1 aromatic heterocycles. The Kier molecular flexibility index (Phi) is 8.18. The maximum Gasteiger partial charge on any atom is 0.309 e. The number of nitrogens with one attached hydrogen (secondary N) is 1. The lowest BCUT2D eigenvalue weighted by Gasteiger charge is -2.32. The zero-order valence-electron chi connectivity index (χ0n) is 18.1. The Morgan fingerprint density at radius 1 is 1.32 bits per heavy atom. The van der Waals surface area contributed by atoms with Crippen LogP contribution in [0.2, 0.25) is 5.02 Å². The van der Waals surface area contributed by atoms with Gasteiger partial charge in [-0.2, -0.15) is 0 Å². The van der Waals surface area contributed by atoms with Gasteiger partial charge in [0.25, 0.3) is 0 Å². The van der Waals surface area contributed by atoms with Crippen molar-refractivity contribution in [3.8, 4) is 0 Å². The van der Waals surface area contributed by atoms with Gasteiger partial charge in [0.05, 0.1) is 28.5 Å². The molecule has 2 heterocycles. The molecule has 0 bridgehead atoms. The fraction of sp³-hybridized carbons (Fsp3) is 0.524. The lowest BCUT2D eigenvalue weighted by molar-refractivity contribution is -0.151. The van der Waals surface area contributed by atoms with Gasteiger partial charge in [0.15, 0.2) is 4.34 Å².